The summed E-state index contributed by atoms with van der Waals surface area (Å²) in [5, 5.41) is 2.74. The molecule has 5 heteroatoms. The summed E-state index contributed by atoms with van der Waals surface area (Å²) in [7, 11) is 0. The highest BCUT2D eigenvalue weighted by molar-refractivity contribution is 5.92. The van der Waals surface area contributed by atoms with Crippen LogP contribution in [-0.2, 0) is 4.79 Å². The van der Waals surface area contributed by atoms with E-state index in [0.29, 0.717) is 12.2 Å². The van der Waals surface area contributed by atoms with Crippen LogP contribution in [0.2, 0.25) is 0 Å². The van der Waals surface area contributed by atoms with Crippen molar-refractivity contribution in [3.8, 4) is 0 Å². The molecule has 0 bridgehead atoms. The van der Waals surface area contributed by atoms with E-state index in [2.05, 4.69) is 12.2 Å². The minimum absolute atomic E-state index is 0.0924. The molecule has 0 saturated carbocycles. The van der Waals surface area contributed by atoms with Crippen molar-refractivity contribution in [2.75, 3.05) is 25.0 Å². The number of benzene rings is 1. The Morgan fingerprint density at radius 1 is 1.42 bits per heavy atom. The fourth-order valence-corrected chi connectivity index (χ4v) is 2.55. The number of halogens is 1. The molecule has 0 atom stereocenters. The Labute approximate surface area is 112 Å². The lowest BCUT2D eigenvalue weighted by atomic mass is 9.86. The average molecular weight is 265 g/mol. The van der Waals surface area contributed by atoms with Crippen molar-refractivity contribution < 1.29 is 9.18 Å². The van der Waals surface area contributed by atoms with Gasteiger partial charge in [-0.05, 0) is 30.7 Å². The highest BCUT2D eigenvalue weighted by atomic mass is 19.1. The van der Waals surface area contributed by atoms with Gasteiger partial charge in [0.05, 0.1) is 6.54 Å². The number of rotatable bonds is 5. The summed E-state index contributed by atoms with van der Waals surface area (Å²) in [6.45, 7) is 3.97. The summed E-state index contributed by atoms with van der Waals surface area (Å²) >= 11 is 0. The zero-order chi connectivity index (χ0) is 13.9. The number of amides is 1. The van der Waals surface area contributed by atoms with E-state index in [9.17, 15) is 9.18 Å². The molecule has 1 aromatic rings. The zero-order valence-corrected chi connectivity index (χ0v) is 11.2. The molecule has 2 rings (SSSR count). The molecule has 0 unspecified atom stereocenters. The number of carbonyl (C=O) groups excluding carboxylic acids is 1. The summed E-state index contributed by atoms with van der Waals surface area (Å²) < 4.78 is 12.7. The van der Waals surface area contributed by atoms with Gasteiger partial charge in [-0.3, -0.25) is 9.69 Å². The van der Waals surface area contributed by atoms with E-state index in [1.165, 1.54) is 12.1 Å². The van der Waals surface area contributed by atoms with E-state index in [4.69, 9.17) is 5.73 Å². The molecular formula is C14H20FN3O. The molecule has 0 radical (unpaired) electrons. The largest absolute Gasteiger partial charge is 0.325 e. The molecule has 19 heavy (non-hydrogen) atoms. The lowest BCUT2D eigenvalue weighted by molar-refractivity contribution is -0.119. The quantitative estimate of drug-likeness (QED) is 0.849. The SMILES string of the molecule is CCCC1(N)CN(CC(=O)Nc2ccc(F)cc2)C1. The first-order chi connectivity index (χ1) is 9.00. The Morgan fingerprint density at radius 2 is 2.05 bits per heavy atom. The smallest absolute Gasteiger partial charge is 0.238 e. The maximum Gasteiger partial charge on any atom is 0.238 e. The molecule has 1 heterocycles. The molecule has 0 spiro atoms. The van der Waals surface area contributed by atoms with Crippen LogP contribution in [0.4, 0.5) is 10.1 Å². The number of nitrogens with one attached hydrogen (secondary N) is 1. The van der Waals surface area contributed by atoms with Gasteiger partial charge in [-0.25, -0.2) is 4.39 Å². The second-order valence-corrected chi connectivity index (χ2v) is 5.31. The first-order valence-electron chi connectivity index (χ1n) is 6.57. The maximum absolute atomic E-state index is 12.7. The van der Waals surface area contributed by atoms with Gasteiger partial charge >= 0.3 is 0 Å². The van der Waals surface area contributed by atoms with Gasteiger partial charge in [0.15, 0.2) is 0 Å². The molecule has 4 nitrogen and oxygen atoms in total. The Morgan fingerprint density at radius 3 is 2.63 bits per heavy atom. The molecule has 1 aliphatic rings. The molecule has 104 valence electrons. The van der Waals surface area contributed by atoms with E-state index in [1.807, 2.05) is 4.90 Å². The first-order valence-corrected chi connectivity index (χ1v) is 6.57. The van der Waals surface area contributed by atoms with Crippen LogP contribution in [0.15, 0.2) is 24.3 Å². The summed E-state index contributed by atoms with van der Waals surface area (Å²) in [5.41, 5.74) is 6.62. The first kappa shape index (κ1) is 14.0. The number of likely N-dealkylation sites (tertiary alicyclic amines) is 1. The van der Waals surface area contributed by atoms with E-state index in [1.54, 1.807) is 12.1 Å². The van der Waals surface area contributed by atoms with Gasteiger partial charge in [-0.2, -0.15) is 0 Å². The summed E-state index contributed by atoms with van der Waals surface area (Å²) in [6, 6.07) is 5.75. The van der Waals surface area contributed by atoms with E-state index in [-0.39, 0.29) is 17.3 Å². The Bertz CT molecular complexity index is 441. The number of carbonyl (C=O) groups is 1. The van der Waals surface area contributed by atoms with Crippen LogP contribution in [0.5, 0.6) is 0 Å². The average Bonchev–Trinajstić information content (AvgIpc) is 2.30. The van der Waals surface area contributed by atoms with Crippen LogP contribution in [0.3, 0.4) is 0 Å². The zero-order valence-electron chi connectivity index (χ0n) is 11.2. The molecule has 1 amide bonds. The molecule has 3 N–H and O–H groups in total. The molecule has 1 saturated heterocycles. The highest BCUT2D eigenvalue weighted by Gasteiger charge is 2.38. The van der Waals surface area contributed by atoms with Gasteiger partial charge in [-0.15, -0.1) is 0 Å². The molecule has 1 aromatic carbocycles. The molecule has 0 aliphatic carbocycles. The predicted octanol–water partition coefficient (Wildman–Crippen LogP) is 1.58. The third-order valence-electron chi connectivity index (χ3n) is 3.32. The normalized spacial score (nSPS) is 17.8. The number of hydrogen-bond acceptors (Lipinski definition) is 3. The molecular weight excluding hydrogens is 245 g/mol. The summed E-state index contributed by atoms with van der Waals surface area (Å²) in [5.74, 6) is -0.404. The van der Waals surface area contributed by atoms with Crippen molar-refractivity contribution in [2.24, 2.45) is 5.73 Å². The van der Waals surface area contributed by atoms with E-state index in [0.717, 1.165) is 25.9 Å². The number of nitrogens with two attached hydrogens (primary N) is 1. The minimum atomic E-state index is -0.312. The van der Waals surface area contributed by atoms with Crippen LogP contribution in [0.1, 0.15) is 19.8 Å². The van der Waals surface area contributed by atoms with Gasteiger partial charge in [0.2, 0.25) is 5.91 Å². The van der Waals surface area contributed by atoms with Crippen LogP contribution in [0.25, 0.3) is 0 Å². The van der Waals surface area contributed by atoms with E-state index >= 15 is 0 Å². The molecule has 0 aromatic heterocycles. The van der Waals surface area contributed by atoms with Crippen LogP contribution >= 0.6 is 0 Å². The highest BCUT2D eigenvalue weighted by Crippen LogP contribution is 2.22. The molecule has 1 aliphatic heterocycles. The fourth-order valence-electron chi connectivity index (χ4n) is 2.55. The second kappa shape index (κ2) is 5.67. The van der Waals surface area contributed by atoms with Gasteiger partial charge < -0.3 is 11.1 Å². The van der Waals surface area contributed by atoms with Crippen molar-refractivity contribution in [1.29, 1.82) is 0 Å². The van der Waals surface area contributed by atoms with Crippen LogP contribution in [-0.4, -0.2) is 36.0 Å². The number of anilines is 1. The Balaban J connectivity index is 1.76. The van der Waals surface area contributed by atoms with E-state index < -0.39 is 0 Å². The monoisotopic (exact) mass is 265 g/mol. The number of nitrogens with zero attached hydrogens (tertiary/aromatic N) is 1. The van der Waals surface area contributed by atoms with Crippen LogP contribution < -0.4 is 11.1 Å². The van der Waals surface area contributed by atoms with Gasteiger partial charge in [0.1, 0.15) is 5.82 Å². The lowest BCUT2D eigenvalue weighted by Gasteiger charge is -2.47. The third-order valence-corrected chi connectivity index (χ3v) is 3.32. The molecule has 1 fully saturated rings. The third kappa shape index (κ3) is 3.75. The van der Waals surface area contributed by atoms with Crippen molar-refractivity contribution in [3.05, 3.63) is 30.1 Å². The summed E-state index contributed by atoms with van der Waals surface area (Å²) in [4.78, 5) is 13.8. The Kier molecular flexibility index (Phi) is 4.17. The topological polar surface area (TPSA) is 58.4 Å². The lowest BCUT2D eigenvalue weighted by Crippen LogP contribution is -2.68. The van der Waals surface area contributed by atoms with Crippen molar-refractivity contribution in [1.82, 2.24) is 4.90 Å². The fraction of sp³-hybridized carbons (Fsp3) is 0.500. The van der Waals surface area contributed by atoms with Gasteiger partial charge in [0, 0.05) is 24.3 Å². The van der Waals surface area contributed by atoms with Crippen molar-refractivity contribution >= 4 is 11.6 Å². The van der Waals surface area contributed by atoms with Crippen molar-refractivity contribution in [3.63, 3.8) is 0 Å². The summed E-state index contributed by atoms with van der Waals surface area (Å²) in [6.07, 6.45) is 2.05. The standard InChI is InChI=1S/C14H20FN3O/c1-2-7-14(16)9-18(10-14)8-13(19)17-12-5-3-11(15)4-6-12/h3-6H,2,7-10,16H2,1H3,(H,17,19). The Hall–Kier alpha value is -1.46. The van der Waals surface area contributed by atoms with Crippen molar-refractivity contribution in [2.45, 2.75) is 25.3 Å². The maximum atomic E-state index is 12.7. The second-order valence-electron chi connectivity index (χ2n) is 5.31. The van der Waals surface area contributed by atoms with Crippen LogP contribution in [0, 0.1) is 5.82 Å². The van der Waals surface area contributed by atoms with Gasteiger partial charge in [0.25, 0.3) is 0 Å². The minimum Gasteiger partial charge on any atom is -0.325 e. The number of hydrogen-bond donors (Lipinski definition) is 2. The predicted molar refractivity (Wildman–Crippen MR) is 73.3 cm³/mol. The van der Waals surface area contributed by atoms with Gasteiger partial charge in [-0.1, -0.05) is 13.3 Å².